The van der Waals surface area contributed by atoms with Gasteiger partial charge in [0.1, 0.15) is 0 Å². The Morgan fingerprint density at radius 3 is 2.25 bits per heavy atom. The van der Waals surface area contributed by atoms with Crippen LogP contribution in [0.2, 0.25) is 0 Å². The molecule has 0 heterocycles. The number of alkyl halides is 3. The Balaban J connectivity index is 3.67. The van der Waals surface area contributed by atoms with Crippen molar-refractivity contribution in [3.05, 3.63) is 0 Å². The van der Waals surface area contributed by atoms with Crippen LogP contribution < -0.4 is 10.6 Å². The third-order valence-corrected chi connectivity index (χ3v) is 2.23. The Morgan fingerprint density at radius 1 is 1.25 bits per heavy atom. The molecule has 0 radical (unpaired) electrons. The first-order valence-electron chi connectivity index (χ1n) is 5.25. The van der Waals surface area contributed by atoms with E-state index in [0.29, 0.717) is 0 Å². The lowest BCUT2D eigenvalue weighted by Gasteiger charge is -2.24. The lowest BCUT2D eigenvalue weighted by molar-refractivity contribution is -0.134. The van der Waals surface area contributed by atoms with Crippen molar-refractivity contribution in [1.29, 1.82) is 0 Å². The first kappa shape index (κ1) is 15.2. The maximum Gasteiger partial charge on any atom is 0.390 e. The van der Waals surface area contributed by atoms with Crippen molar-refractivity contribution in [3.8, 4) is 0 Å². The molecule has 0 bridgehead atoms. The van der Waals surface area contributed by atoms with Crippen molar-refractivity contribution in [2.24, 2.45) is 0 Å². The molecule has 0 aromatic heterocycles. The van der Waals surface area contributed by atoms with E-state index >= 15 is 0 Å². The molecule has 6 heteroatoms. The van der Waals surface area contributed by atoms with E-state index in [-0.39, 0.29) is 24.5 Å². The van der Waals surface area contributed by atoms with Crippen LogP contribution >= 0.6 is 0 Å². The van der Waals surface area contributed by atoms with Crippen LogP contribution in [0.1, 0.15) is 33.6 Å². The van der Waals surface area contributed by atoms with Crippen molar-refractivity contribution in [3.63, 3.8) is 0 Å². The van der Waals surface area contributed by atoms with Crippen molar-refractivity contribution < 1.29 is 18.0 Å². The standard InChI is InChI=1S/C10H19F3N2O/c1-4-9(2,3)15-8(16)7-14-6-5-10(11,12)13/h14H,4-7H2,1-3H3,(H,15,16). The summed E-state index contributed by atoms with van der Waals surface area (Å²) in [7, 11) is 0. The van der Waals surface area contributed by atoms with E-state index in [1.165, 1.54) is 0 Å². The number of amides is 1. The van der Waals surface area contributed by atoms with Gasteiger partial charge in [0.25, 0.3) is 0 Å². The second-order valence-electron chi connectivity index (χ2n) is 4.33. The van der Waals surface area contributed by atoms with Gasteiger partial charge in [0, 0.05) is 12.1 Å². The molecule has 0 saturated carbocycles. The minimum absolute atomic E-state index is 0.0838. The number of carbonyl (C=O) groups excluding carboxylic acids is 1. The highest BCUT2D eigenvalue weighted by Crippen LogP contribution is 2.17. The summed E-state index contributed by atoms with van der Waals surface area (Å²) in [5.41, 5.74) is -0.317. The summed E-state index contributed by atoms with van der Waals surface area (Å²) in [6, 6.07) is 0. The number of carbonyl (C=O) groups is 1. The largest absolute Gasteiger partial charge is 0.390 e. The highest BCUT2D eigenvalue weighted by atomic mass is 19.4. The molecule has 1 amide bonds. The van der Waals surface area contributed by atoms with Gasteiger partial charge in [-0.25, -0.2) is 0 Å². The van der Waals surface area contributed by atoms with Crippen molar-refractivity contribution in [1.82, 2.24) is 10.6 Å². The molecule has 0 atom stereocenters. The molecule has 16 heavy (non-hydrogen) atoms. The highest BCUT2D eigenvalue weighted by Gasteiger charge is 2.26. The highest BCUT2D eigenvalue weighted by molar-refractivity contribution is 5.78. The van der Waals surface area contributed by atoms with Gasteiger partial charge in [-0.15, -0.1) is 0 Å². The zero-order chi connectivity index (χ0) is 12.8. The van der Waals surface area contributed by atoms with Crippen LogP contribution in [0.15, 0.2) is 0 Å². The molecule has 96 valence electrons. The summed E-state index contributed by atoms with van der Waals surface area (Å²) in [6.07, 6.45) is -4.33. The van der Waals surface area contributed by atoms with Gasteiger partial charge in [0.2, 0.25) is 5.91 Å². The number of hydrogen-bond acceptors (Lipinski definition) is 2. The van der Waals surface area contributed by atoms with Gasteiger partial charge < -0.3 is 10.6 Å². The van der Waals surface area contributed by atoms with Crippen LogP contribution in [0.25, 0.3) is 0 Å². The molecule has 0 aromatic carbocycles. The number of rotatable bonds is 6. The number of halogens is 3. The molecule has 3 nitrogen and oxygen atoms in total. The van der Waals surface area contributed by atoms with Crippen molar-refractivity contribution >= 4 is 5.91 Å². The minimum Gasteiger partial charge on any atom is -0.350 e. The fraction of sp³-hybridized carbons (Fsp3) is 0.900. The van der Waals surface area contributed by atoms with E-state index in [0.717, 1.165) is 6.42 Å². The molecule has 2 N–H and O–H groups in total. The molecule has 0 rings (SSSR count). The summed E-state index contributed by atoms with van der Waals surface area (Å²) in [5.74, 6) is -0.283. The van der Waals surface area contributed by atoms with Crippen LogP contribution in [0.4, 0.5) is 13.2 Å². The monoisotopic (exact) mass is 240 g/mol. The van der Waals surface area contributed by atoms with Crippen LogP contribution in [0.3, 0.4) is 0 Å². The second-order valence-corrected chi connectivity index (χ2v) is 4.33. The van der Waals surface area contributed by atoms with Gasteiger partial charge in [-0.05, 0) is 20.3 Å². The third-order valence-electron chi connectivity index (χ3n) is 2.23. The number of hydrogen-bond donors (Lipinski definition) is 2. The fourth-order valence-corrected chi connectivity index (χ4v) is 0.942. The quantitative estimate of drug-likeness (QED) is 0.695. The van der Waals surface area contributed by atoms with Gasteiger partial charge >= 0.3 is 6.18 Å². The van der Waals surface area contributed by atoms with Gasteiger partial charge in [0.05, 0.1) is 13.0 Å². The second kappa shape index (κ2) is 6.08. The maximum absolute atomic E-state index is 11.8. The molecular weight excluding hydrogens is 221 g/mol. The van der Waals surface area contributed by atoms with Crippen LogP contribution in [-0.4, -0.2) is 30.7 Å². The molecule has 0 aliphatic rings. The predicted octanol–water partition coefficient (Wildman–Crippen LogP) is 1.83. The average molecular weight is 240 g/mol. The van der Waals surface area contributed by atoms with E-state index in [9.17, 15) is 18.0 Å². The van der Waals surface area contributed by atoms with Crippen LogP contribution in [-0.2, 0) is 4.79 Å². The lowest BCUT2D eigenvalue weighted by Crippen LogP contribution is -2.46. The van der Waals surface area contributed by atoms with E-state index in [1.54, 1.807) is 0 Å². The number of nitrogens with one attached hydrogen (secondary N) is 2. The first-order chi connectivity index (χ1) is 7.16. The fourth-order valence-electron chi connectivity index (χ4n) is 0.942. The molecule has 0 spiro atoms. The summed E-state index contributed by atoms with van der Waals surface area (Å²) in [4.78, 5) is 11.3. The SMILES string of the molecule is CCC(C)(C)NC(=O)CNCCC(F)(F)F. The zero-order valence-electron chi connectivity index (χ0n) is 9.87. The van der Waals surface area contributed by atoms with E-state index in [1.807, 2.05) is 20.8 Å². The third kappa shape index (κ3) is 8.52. The minimum atomic E-state index is -4.17. The Kier molecular flexibility index (Phi) is 5.78. The van der Waals surface area contributed by atoms with Crippen LogP contribution in [0.5, 0.6) is 0 Å². The van der Waals surface area contributed by atoms with E-state index in [2.05, 4.69) is 10.6 Å². The summed E-state index contributed by atoms with van der Waals surface area (Å²) in [6.45, 7) is 5.33. The van der Waals surface area contributed by atoms with Crippen molar-refractivity contribution in [2.45, 2.75) is 45.3 Å². The van der Waals surface area contributed by atoms with E-state index < -0.39 is 12.6 Å². The smallest absolute Gasteiger partial charge is 0.350 e. The zero-order valence-corrected chi connectivity index (χ0v) is 9.87. The Morgan fingerprint density at radius 2 is 1.81 bits per heavy atom. The lowest BCUT2D eigenvalue weighted by atomic mass is 10.0. The topological polar surface area (TPSA) is 41.1 Å². The van der Waals surface area contributed by atoms with Gasteiger partial charge in [-0.1, -0.05) is 6.92 Å². The molecule has 0 aliphatic heterocycles. The van der Waals surface area contributed by atoms with Crippen molar-refractivity contribution in [2.75, 3.05) is 13.1 Å². The van der Waals surface area contributed by atoms with Gasteiger partial charge in [-0.3, -0.25) is 4.79 Å². The molecular formula is C10H19F3N2O. The van der Waals surface area contributed by atoms with Crippen LogP contribution in [0, 0.1) is 0 Å². The molecule has 0 aromatic rings. The first-order valence-corrected chi connectivity index (χ1v) is 5.25. The normalized spacial score (nSPS) is 12.6. The van der Waals surface area contributed by atoms with Gasteiger partial charge in [0.15, 0.2) is 0 Å². The Bertz CT molecular complexity index is 227. The summed E-state index contributed by atoms with van der Waals surface area (Å²) in [5, 5.41) is 5.18. The van der Waals surface area contributed by atoms with Gasteiger partial charge in [-0.2, -0.15) is 13.2 Å². The summed E-state index contributed by atoms with van der Waals surface area (Å²) < 4.78 is 35.3. The average Bonchev–Trinajstić information content (AvgIpc) is 2.10. The molecule has 0 saturated heterocycles. The Labute approximate surface area is 93.8 Å². The Hall–Kier alpha value is -0.780. The molecule has 0 unspecified atom stereocenters. The predicted molar refractivity (Wildman–Crippen MR) is 56.1 cm³/mol. The van der Waals surface area contributed by atoms with E-state index in [4.69, 9.17) is 0 Å². The maximum atomic E-state index is 11.8. The molecule has 0 aliphatic carbocycles. The summed E-state index contributed by atoms with van der Waals surface area (Å²) >= 11 is 0. The molecule has 0 fully saturated rings.